The third-order valence-corrected chi connectivity index (χ3v) is 6.79. The van der Waals surface area contributed by atoms with E-state index in [4.69, 9.17) is 0 Å². The molecule has 1 aliphatic heterocycles. The zero-order valence-electron chi connectivity index (χ0n) is 16.8. The molecule has 1 aromatic carbocycles. The quantitative estimate of drug-likeness (QED) is 0.828. The fourth-order valence-corrected chi connectivity index (χ4v) is 5.21. The van der Waals surface area contributed by atoms with Crippen molar-refractivity contribution in [2.45, 2.75) is 45.1 Å². The van der Waals surface area contributed by atoms with Gasteiger partial charge in [0.05, 0.1) is 11.3 Å². The Hall–Kier alpha value is -2.50. The highest BCUT2D eigenvalue weighted by Crippen LogP contribution is 2.57. The van der Waals surface area contributed by atoms with Crippen LogP contribution in [0.15, 0.2) is 24.4 Å². The number of nitrogens with zero attached hydrogens (tertiary/aromatic N) is 2. The Balaban J connectivity index is 1.63. The molecule has 1 amide bonds. The molecule has 2 bridgehead atoms. The molecule has 6 heteroatoms. The fraction of sp³-hybridized carbons (Fsp3) is 0.478. The van der Waals surface area contributed by atoms with Gasteiger partial charge in [-0.3, -0.25) is 9.78 Å². The normalized spacial score (nSPS) is 27.4. The van der Waals surface area contributed by atoms with Gasteiger partial charge in [0.25, 0.3) is 5.91 Å². The molecule has 3 saturated carbocycles. The van der Waals surface area contributed by atoms with Crippen LogP contribution in [0.25, 0.3) is 11.1 Å². The number of aromatic nitrogens is 1. The van der Waals surface area contributed by atoms with Crippen LogP contribution < -0.4 is 10.2 Å². The molecule has 1 N–H and O–H groups in total. The van der Waals surface area contributed by atoms with Crippen molar-refractivity contribution in [3.63, 3.8) is 0 Å². The summed E-state index contributed by atoms with van der Waals surface area (Å²) in [6.07, 6.45) is 5.79. The summed E-state index contributed by atoms with van der Waals surface area (Å²) in [6, 6.07) is 3.50. The van der Waals surface area contributed by atoms with Gasteiger partial charge in [0.1, 0.15) is 11.6 Å². The second-order valence-electron chi connectivity index (χ2n) is 9.19. The van der Waals surface area contributed by atoms with Crippen LogP contribution in [0.2, 0.25) is 0 Å². The highest BCUT2D eigenvalue weighted by molar-refractivity contribution is 6.04. The van der Waals surface area contributed by atoms with E-state index in [1.165, 1.54) is 12.1 Å². The fourth-order valence-electron chi connectivity index (χ4n) is 5.21. The van der Waals surface area contributed by atoms with Crippen LogP contribution in [0.5, 0.6) is 0 Å². The van der Waals surface area contributed by atoms with Gasteiger partial charge in [-0.05, 0) is 62.1 Å². The van der Waals surface area contributed by atoms with Crippen molar-refractivity contribution in [3.05, 3.63) is 47.3 Å². The minimum absolute atomic E-state index is 0.0483. The monoisotopic (exact) mass is 397 g/mol. The lowest BCUT2D eigenvalue weighted by Crippen LogP contribution is -2.68. The number of hydrogen-bond donors (Lipinski definition) is 1. The summed E-state index contributed by atoms with van der Waals surface area (Å²) in [7, 11) is 0. The van der Waals surface area contributed by atoms with Gasteiger partial charge in [0.15, 0.2) is 0 Å². The van der Waals surface area contributed by atoms with E-state index in [0.717, 1.165) is 56.4 Å². The maximum absolute atomic E-state index is 14.0. The van der Waals surface area contributed by atoms with Gasteiger partial charge in [0.2, 0.25) is 0 Å². The lowest BCUT2D eigenvalue weighted by molar-refractivity contribution is -0.0438. The Bertz CT molecular complexity index is 969. The predicted molar refractivity (Wildman–Crippen MR) is 108 cm³/mol. The number of carbonyl (C=O) groups is 1. The summed E-state index contributed by atoms with van der Waals surface area (Å²) in [6.45, 7) is 5.62. The molecule has 6 rings (SSSR count). The number of nitrogens with one attached hydrogen (secondary N) is 1. The largest absolute Gasteiger partial charge is 0.370 e. The van der Waals surface area contributed by atoms with Gasteiger partial charge < -0.3 is 10.2 Å². The minimum atomic E-state index is -0.635. The number of amides is 1. The smallest absolute Gasteiger partial charge is 0.255 e. The number of anilines is 1. The summed E-state index contributed by atoms with van der Waals surface area (Å²) in [5.74, 6) is -0.152. The number of halogens is 2. The number of hydrogen-bond acceptors (Lipinski definition) is 3. The average Bonchev–Trinajstić information content (AvgIpc) is 3.01. The van der Waals surface area contributed by atoms with Crippen LogP contribution in [0.3, 0.4) is 0 Å². The van der Waals surface area contributed by atoms with E-state index in [9.17, 15) is 13.6 Å². The molecule has 4 nitrogen and oxygen atoms in total. The van der Waals surface area contributed by atoms with Crippen molar-refractivity contribution in [3.8, 4) is 11.1 Å². The molecule has 3 aliphatic carbocycles. The first-order chi connectivity index (χ1) is 13.8. The molecule has 4 aliphatic rings. The van der Waals surface area contributed by atoms with Crippen molar-refractivity contribution in [1.82, 2.24) is 10.3 Å². The Morgan fingerprint density at radius 1 is 1.21 bits per heavy atom. The number of pyridine rings is 1. The number of carbonyl (C=O) groups excluding carboxylic acids is 1. The van der Waals surface area contributed by atoms with Crippen LogP contribution in [-0.4, -0.2) is 29.5 Å². The third-order valence-electron chi connectivity index (χ3n) is 6.79. The third kappa shape index (κ3) is 3.09. The van der Waals surface area contributed by atoms with Gasteiger partial charge in [-0.25, -0.2) is 8.78 Å². The number of rotatable bonds is 4. The van der Waals surface area contributed by atoms with Crippen LogP contribution in [0.4, 0.5) is 14.5 Å². The summed E-state index contributed by atoms with van der Waals surface area (Å²) in [4.78, 5) is 19.9. The van der Waals surface area contributed by atoms with E-state index >= 15 is 0 Å². The maximum atomic E-state index is 14.0. The van der Waals surface area contributed by atoms with E-state index in [0.29, 0.717) is 28.3 Å². The second-order valence-corrected chi connectivity index (χ2v) is 9.19. The Labute approximate surface area is 169 Å². The van der Waals surface area contributed by atoms with E-state index < -0.39 is 11.6 Å². The molecule has 152 valence electrons. The van der Waals surface area contributed by atoms with Gasteiger partial charge in [-0.2, -0.15) is 0 Å². The van der Waals surface area contributed by atoms with Crippen molar-refractivity contribution >= 4 is 11.6 Å². The van der Waals surface area contributed by atoms with Crippen molar-refractivity contribution in [2.75, 3.05) is 18.0 Å². The topological polar surface area (TPSA) is 45.2 Å². The van der Waals surface area contributed by atoms with Gasteiger partial charge in [-0.15, -0.1) is 0 Å². The molecule has 2 heterocycles. The van der Waals surface area contributed by atoms with Crippen molar-refractivity contribution < 1.29 is 13.6 Å². The van der Waals surface area contributed by atoms with E-state index in [1.54, 1.807) is 6.20 Å². The van der Waals surface area contributed by atoms with Gasteiger partial charge >= 0.3 is 0 Å². The Morgan fingerprint density at radius 3 is 2.45 bits per heavy atom. The lowest BCUT2D eigenvalue weighted by Gasteiger charge is -2.61. The first kappa shape index (κ1) is 18.5. The minimum Gasteiger partial charge on any atom is -0.370 e. The molecular formula is C23H25F2N3O. The summed E-state index contributed by atoms with van der Waals surface area (Å²) in [5.41, 5.74) is 2.91. The van der Waals surface area contributed by atoms with E-state index in [1.807, 2.05) is 6.92 Å². The first-order valence-electron chi connectivity index (χ1n) is 10.4. The predicted octanol–water partition coefficient (Wildman–Crippen LogP) is 4.46. The molecule has 29 heavy (non-hydrogen) atoms. The molecule has 1 saturated heterocycles. The molecule has 0 spiro atoms. The van der Waals surface area contributed by atoms with E-state index in [2.05, 4.69) is 22.1 Å². The second kappa shape index (κ2) is 6.51. The summed E-state index contributed by atoms with van der Waals surface area (Å²) < 4.78 is 28.0. The Kier molecular flexibility index (Phi) is 4.16. The highest BCUT2D eigenvalue weighted by atomic mass is 19.1. The SMILES string of the molecule is Cc1ncc(C(=O)NC23CC(C2)C3)c(N2CCC(C)C2)c1-c1cc(F)cc(F)c1. The van der Waals surface area contributed by atoms with Crippen LogP contribution in [0, 0.1) is 30.4 Å². The van der Waals surface area contributed by atoms with Crippen molar-refractivity contribution in [2.24, 2.45) is 11.8 Å². The zero-order valence-corrected chi connectivity index (χ0v) is 16.8. The van der Waals surface area contributed by atoms with Gasteiger partial charge in [0, 0.05) is 42.1 Å². The molecule has 1 unspecified atom stereocenters. The van der Waals surface area contributed by atoms with E-state index in [-0.39, 0.29) is 11.4 Å². The van der Waals surface area contributed by atoms with Crippen molar-refractivity contribution in [1.29, 1.82) is 0 Å². The molecule has 1 aromatic heterocycles. The number of aryl methyl sites for hydroxylation is 1. The molecule has 2 aromatic rings. The average molecular weight is 397 g/mol. The number of benzene rings is 1. The molecular weight excluding hydrogens is 372 g/mol. The zero-order chi connectivity index (χ0) is 20.3. The lowest BCUT2D eigenvalue weighted by atomic mass is 9.50. The summed E-state index contributed by atoms with van der Waals surface area (Å²) in [5, 5.41) is 3.22. The van der Waals surface area contributed by atoms with Crippen LogP contribution in [-0.2, 0) is 0 Å². The maximum Gasteiger partial charge on any atom is 0.255 e. The van der Waals surface area contributed by atoms with Crippen LogP contribution >= 0.6 is 0 Å². The standard InChI is InChI=1S/C23H25F2N3O/c1-13-3-4-28(12-13)21-19(22(29)27-23-8-15(9-23)10-23)11-26-14(2)20(21)16-5-17(24)7-18(25)6-16/h5-7,11,13,15H,3-4,8-10,12H2,1-2H3,(H,27,29). The van der Waals surface area contributed by atoms with Crippen LogP contribution in [0.1, 0.15) is 48.7 Å². The molecule has 0 radical (unpaired) electrons. The molecule has 4 fully saturated rings. The van der Waals surface area contributed by atoms with Gasteiger partial charge in [-0.1, -0.05) is 6.92 Å². The molecule has 1 atom stereocenters. The first-order valence-corrected chi connectivity index (χ1v) is 10.4. The highest BCUT2D eigenvalue weighted by Gasteiger charge is 2.57. The Morgan fingerprint density at radius 2 is 1.90 bits per heavy atom. The summed E-state index contributed by atoms with van der Waals surface area (Å²) >= 11 is 0.